The Morgan fingerprint density at radius 2 is 1.86 bits per heavy atom. The lowest BCUT2D eigenvalue weighted by molar-refractivity contribution is 0.134. The Morgan fingerprint density at radius 1 is 1.10 bits per heavy atom. The van der Waals surface area contributed by atoms with Crippen LogP contribution in [0.4, 0.5) is 4.79 Å². The van der Waals surface area contributed by atoms with Crippen molar-refractivity contribution >= 4 is 17.1 Å². The highest BCUT2D eigenvalue weighted by molar-refractivity contribution is 5.95. The van der Waals surface area contributed by atoms with Gasteiger partial charge in [0.1, 0.15) is 11.3 Å². The zero-order chi connectivity index (χ0) is 14.8. The lowest BCUT2D eigenvalue weighted by atomic mass is 10.0. The maximum absolute atomic E-state index is 10.6. The van der Waals surface area contributed by atoms with E-state index in [1.807, 2.05) is 42.5 Å². The van der Waals surface area contributed by atoms with E-state index in [2.05, 4.69) is 4.74 Å². The number of hydrogen-bond donors (Lipinski definition) is 1. The van der Waals surface area contributed by atoms with Gasteiger partial charge in [-0.25, -0.2) is 4.79 Å². The van der Waals surface area contributed by atoms with Crippen molar-refractivity contribution in [2.75, 3.05) is 7.11 Å². The SMILES string of the molecule is COc1ccccc1-c1cccc2cc(OC(=O)O)oc12. The molecule has 3 aromatic rings. The van der Waals surface area contributed by atoms with Crippen LogP contribution in [0.2, 0.25) is 0 Å². The largest absolute Gasteiger partial charge is 0.513 e. The van der Waals surface area contributed by atoms with Crippen molar-refractivity contribution in [3.05, 3.63) is 48.5 Å². The van der Waals surface area contributed by atoms with Crippen LogP contribution in [0, 0.1) is 0 Å². The number of carbonyl (C=O) groups is 1. The fraction of sp³-hybridized carbons (Fsp3) is 0.0625. The van der Waals surface area contributed by atoms with Crippen LogP contribution in [0.1, 0.15) is 0 Å². The van der Waals surface area contributed by atoms with Gasteiger partial charge in [-0.15, -0.1) is 0 Å². The summed E-state index contributed by atoms with van der Waals surface area (Å²) in [5, 5.41) is 9.42. The van der Waals surface area contributed by atoms with Crippen LogP contribution in [0.3, 0.4) is 0 Å². The van der Waals surface area contributed by atoms with E-state index < -0.39 is 6.16 Å². The molecule has 21 heavy (non-hydrogen) atoms. The Morgan fingerprint density at radius 3 is 2.62 bits per heavy atom. The lowest BCUT2D eigenvalue weighted by Crippen LogP contribution is -2.01. The van der Waals surface area contributed by atoms with E-state index in [1.54, 1.807) is 13.2 Å². The van der Waals surface area contributed by atoms with Gasteiger partial charge in [0.2, 0.25) is 0 Å². The van der Waals surface area contributed by atoms with Gasteiger partial charge in [0.15, 0.2) is 0 Å². The first kappa shape index (κ1) is 13.1. The quantitative estimate of drug-likeness (QED) is 0.731. The topological polar surface area (TPSA) is 68.9 Å². The molecule has 5 nitrogen and oxygen atoms in total. The smallest absolute Gasteiger partial charge is 0.496 e. The molecular formula is C16H12O5. The van der Waals surface area contributed by atoms with Crippen molar-refractivity contribution in [3.8, 4) is 22.8 Å². The van der Waals surface area contributed by atoms with Gasteiger partial charge in [-0.1, -0.05) is 36.4 Å². The van der Waals surface area contributed by atoms with Gasteiger partial charge >= 0.3 is 6.16 Å². The zero-order valence-electron chi connectivity index (χ0n) is 11.2. The van der Waals surface area contributed by atoms with Crippen LogP contribution >= 0.6 is 0 Å². The first-order chi connectivity index (χ1) is 10.2. The molecule has 0 radical (unpaired) electrons. The maximum Gasteiger partial charge on any atom is 0.513 e. The minimum Gasteiger partial charge on any atom is -0.496 e. The monoisotopic (exact) mass is 284 g/mol. The highest BCUT2D eigenvalue weighted by atomic mass is 16.7. The summed E-state index contributed by atoms with van der Waals surface area (Å²) < 4.78 is 15.4. The number of para-hydroxylation sites is 2. The molecule has 0 aliphatic rings. The summed E-state index contributed by atoms with van der Waals surface area (Å²) in [5.74, 6) is 0.655. The molecule has 0 fully saturated rings. The van der Waals surface area contributed by atoms with E-state index >= 15 is 0 Å². The number of fused-ring (bicyclic) bond motifs is 1. The number of methoxy groups -OCH3 is 1. The number of carboxylic acid groups (broad SMARTS) is 1. The molecule has 0 unspecified atom stereocenters. The van der Waals surface area contributed by atoms with Gasteiger partial charge in [0, 0.05) is 22.6 Å². The molecule has 1 N–H and O–H groups in total. The molecule has 0 amide bonds. The molecule has 0 aliphatic heterocycles. The zero-order valence-corrected chi connectivity index (χ0v) is 11.2. The molecule has 106 valence electrons. The molecule has 0 saturated carbocycles. The first-order valence-electron chi connectivity index (χ1n) is 6.26. The Bertz CT molecular complexity index is 803. The molecule has 0 atom stereocenters. The Balaban J connectivity index is 2.18. The van der Waals surface area contributed by atoms with Gasteiger partial charge in [0.25, 0.3) is 5.95 Å². The minimum atomic E-state index is -1.41. The number of ether oxygens (including phenoxy) is 2. The van der Waals surface area contributed by atoms with E-state index in [4.69, 9.17) is 14.3 Å². The second kappa shape index (κ2) is 5.20. The number of benzene rings is 2. The molecule has 0 bridgehead atoms. The minimum absolute atomic E-state index is 0.0557. The molecule has 1 heterocycles. The molecule has 0 saturated heterocycles. The van der Waals surface area contributed by atoms with Crippen molar-refractivity contribution in [1.29, 1.82) is 0 Å². The third-order valence-electron chi connectivity index (χ3n) is 3.11. The van der Waals surface area contributed by atoms with Crippen molar-refractivity contribution in [1.82, 2.24) is 0 Å². The molecule has 2 aromatic carbocycles. The first-order valence-corrected chi connectivity index (χ1v) is 6.26. The van der Waals surface area contributed by atoms with E-state index in [0.717, 1.165) is 16.5 Å². The standard InChI is InChI=1S/C16H12O5/c1-19-13-8-3-2-6-11(13)12-7-4-5-10-9-14(20-15(10)12)21-16(17)18/h2-9H,1H3,(H,17,18). The summed E-state index contributed by atoms with van der Waals surface area (Å²) in [4.78, 5) is 10.6. The van der Waals surface area contributed by atoms with Gasteiger partial charge < -0.3 is 19.0 Å². The predicted molar refractivity (Wildman–Crippen MR) is 76.9 cm³/mol. The third-order valence-corrected chi connectivity index (χ3v) is 3.11. The molecule has 3 rings (SSSR count). The molecule has 0 spiro atoms. The fourth-order valence-electron chi connectivity index (χ4n) is 2.26. The normalized spacial score (nSPS) is 10.5. The summed E-state index contributed by atoms with van der Waals surface area (Å²) in [6, 6.07) is 14.7. The maximum atomic E-state index is 10.6. The van der Waals surface area contributed by atoms with E-state index in [-0.39, 0.29) is 5.95 Å². The van der Waals surface area contributed by atoms with Gasteiger partial charge in [0.05, 0.1) is 7.11 Å². The molecular weight excluding hydrogens is 272 g/mol. The Labute approximate surface area is 120 Å². The van der Waals surface area contributed by atoms with Crippen LogP contribution in [0.25, 0.3) is 22.1 Å². The van der Waals surface area contributed by atoms with Crippen LogP contribution < -0.4 is 9.47 Å². The van der Waals surface area contributed by atoms with Gasteiger partial charge in [-0.05, 0) is 6.07 Å². The Hall–Kier alpha value is -2.95. The summed E-state index contributed by atoms with van der Waals surface area (Å²) in [6.45, 7) is 0. The van der Waals surface area contributed by atoms with Crippen LogP contribution in [-0.4, -0.2) is 18.4 Å². The third kappa shape index (κ3) is 2.41. The summed E-state index contributed by atoms with van der Waals surface area (Å²) in [6.07, 6.45) is -1.41. The summed E-state index contributed by atoms with van der Waals surface area (Å²) in [7, 11) is 1.60. The van der Waals surface area contributed by atoms with E-state index in [0.29, 0.717) is 11.3 Å². The van der Waals surface area contributed by atoms with E-state index in [9.17, 15) is 4.79 Å². The van der Waals surface area contributed by atoms with Crippen molar-refractivity contribution in [3.63, 3.8) is 0 Å². The van der Waals surface area contributed by atoms with E-state index in [1.165, 1.54) is 0 Å². The number of rotatable bonds is 3. The predicted octanol–water partition coefficient (Wildman–Crippen LogP) is 4.17. The van der Waals surface area contributed by atoms with Crippen molar-refractivity contribution in [2.24, 2.45) is 0 Å². The summed E-state index contributed by atoms with van der Waals surface area (Å²) in [5.41, 5.74) is 2.23. The van der Waals surface area contributed by atoms with Crippen molar-refractivity contribution in [2.45, 2.75) is 0 Å². The lowest BCUT2D eigenvalue weighted by Gasteiger charge is -2.08. The highest BCUT2D eigenvalue weighted by Gasteiger charge is 2.14. The molecule has 1 aromatic heterocycles. The average Bonchev–Trinajstić information content (AvgIpc) is 2.88. The fourth-order valence-corrected chi connectivity index (χ4v) is 2.26. The Kier molecular flexibility index (Phi) is 3.23. The van der Waals surface area contributed by atoms with Crippen LogP contribution in [0.15, 0.2) is 52.9 Å². The number of furan rings is 1. The number of hydrogen-bond acceptors (Lipinski definition) is 4. The van der Waals surface area contributed by atoms with Gasteiger partial charge in [-0.3, -0.25) is 0 Å². The second-order valence-electron chi connectivity index (χ2n) is 4.36. The van der Waals surface area contributed by atoms with Crippen molar-refractivity contribution < 1.29 is 23.8 Å². The summed E-state index contributed by atoms with van der Waals surface area (Å²) >= 11 is 0. The molecule has 5 heteroatoms. The molecule has 0 aliphatic carbocycles. The van der Waals surface area contributed by atoms with Gasteiger partial charge in [-0.2, -0.15) is 0 Å². The second-order valence-corrected chi connectivity index (χ2v) is 4.36. The van der Waals surface area contributed by atoms with Crippen LogP contribution in [-0.2, 0) is 0 Å². The average molecular weight is 284 g/mol. The van der Waals surface area contributed by atoms with Crippen LogP contribution in [0.5, 0.6) is 11.7 Å². The highest BCUT2D eigenvalue weighted by Crippen LogP contribution is 2.37.